The molecule has 0 saturated carbocycles. The summed E-state index contributed by atoms with van der Waals surface area (Å²) < 4.78 is 12.0. The fourth-order valence-electron chi connectivity index (χ4n) is 0.414. The Morgan fingerprint density at radius 2 is 2.00 bits per heavy atom. The first-order valence-corrected chi connectivity index (χ1v) is 3.06. The Balaban J connectivity index is 4.00. The molecule has 52 valence electrons. The highest BCUT2D eigenvalue weighted by atomic mass is 19.1. The summed E-state index contributed by atoms with van der Waals surface area (Å²) in [6.45, 7) is 9.08. The normalized spacial score (nSPS) is 12.3. The second kappa shape index (κ2) is 3.44. The van der Waals surface area contributed by atoms with Gasteiger partial charge >= 0.3 is 0 Å². The first kappa shape index (κ1) is 8.41. The molecule has 0 aromatic carbocycles. The Morgan fingerprint density at radius 1 is 1.56 bits per heavy atom. The van der Waals surface area contributed by atoms with Crippen LogP contribution in [0.15, 0.2) is 24.1 Å². The molecule has 0 radical (unpaired) electrons. The van der Waals surface area contributed by atoms with Crippen molar-refractivity contribution in [1.29, 1.82) is 0 Å². The second-order valence-corrected chi connectivity index (χ2v) is 2.49. The maximum atomic E-state index is 12.0. The summed E-state index contributed by atoms with van der Waals surface area (Å²) in [5.41, 5.74) is 1.03. The van der Waals surface area contributed by atoms with Crippen LogP contribution in [0.25, 0.3) is 0 Å². The molecule has 0 unspecified atom stereocenters. The van der Waals surface area contributed by atoms with E-state index in [0.717, 1.165) is 5.57 Å². The van der Waals surface area contributed by atoms with Gasteiger partial charge < -0.3 is 0 Å². The molecule has 0 spiro atoms. The third kappa shape index (κ3) is 3.95. The van der Waals surface area contributed by atoms with Gasteiger partial charge in [0, 0.05) is 0 Å². The van der Waals surface area contributed by atoms with Crippen LogP contribution in [0.1, 0.15) is 20.8 Å². The van der Waals surface area contributed by atoms with Crippen LogP contribution in [-0.4, -0.2) is 0 Å². The first-order chi connectivity index (χ1) is 4.04. The van der Waals surface area contributed by atoms with Gasteiger partial charge in [-0.3, -0.25) is 0 Å². The van der Waals surface area contributed by atoms with Gasteiger partial charge in [0.15, 0.2) is 0 Å². The van der Waals surface area contributed by atoms with Crippen molar-refractivity contribution in [3.8, 4) is 0 Å². The van der Waals surface area contributed by atoms with E-state index in [2.05, 4.69) is 6.58 Å². The molecule has 0 aromatic rings. The van der Waals surface area contributed by atoms with Gasteiger partial charge in [-0.1, -0.05) is 26.0 Å². The average molecular weight is 128 g/mol. The molecule has 0 aromatic heterocycles. The van der Waals surface area contributed by atoms with Gasteiger partial charge in [0.2, 0.25) is 0 Å². The van der Waals surface area contributed by atoms with Gasteiger partial charge in [0.05, 0.1) is 0 Å². The van der Waals surface area contributed by atoms with Gasteiger partial charge in [0.1, 0.15) is 5.83 Å². The molecule has 0 aliphatic carbocycles. The van der Waals surface area contributed by atoms with Crippen molar-refractivity contribution in [3.63, 3.8) is 0 Å². The van der Waals surface area contributed by atoms with Gasteiger partial charge in [-0.15, -0.1) is 0 Å². The standard InChI is InChI=1S/C8H13F/c1-6(2)7(3)5-8(4)9/h5-6H,4H2,1-3H3/b7-5+. The van der Waals surface area contributed by atoms with Gasteiger partial charge in [-0.2, -0.15) is 0 Å². The Bertz CT molecular complexity index is 132. The molecule has 0 aliphatic rings. The Hall–Kier alpha value is -0.590. The van der Waals surface area contributed by atoms with E-state index in [4.69, 9.17) is 0 Å². The first-order valence-electron chi connectivity index (χ1n) is 3.06. The van der Waals surface area contributed by atoms with Crippen LogP contribution in [0.5, 0.6) is 0 Å². The molecule has 9 heavy (non-hydrogen) atoms. The monoisotopic (exact) mass is 128 g/mol. The second-order valence-electron chi connectivity index (χ2n) is 2.49. The summed E-state index contributed by atoms with van der Waals surface area (Å²) in [6, 6.07) is 0. The summed E-state index contributed by atoms with van der Waals surface area (Å²) in [6.07, 6.45) is 1.46. The van der Waals surface area contributed by atoms with Crippen molar-refractivity contribution < 1.29 is 4.39 Å². The topological polar surface area (TPSA) is 0 Å². The maximum absolute atomic E-state index is 12.0. The predicted molar refractivity (Wildman–Crippen MR) is 38.8 cm³/mol. The molecule has 0 fully saturated rings. The summed E-state index contributed by atoms with van der Waals surface area (Å²) in [5, 5.41) is 0. The van der Waals surface area contributed by atoms with Gasteiger partial charge in [0.25, 0.3) is 0 Å². The van der Waals surface area contributed by atoms with Crippen molar-refractivity contribution in [1.82, 2.24) is 0 Å². The lowest BCUT2D eigenvalue weighted by molar-refractivity contribution is 0.661. The summed E-state index contributed by atoms with van der Waals surface area (Å²) in [4.78, 5) is 0. The highest BCUT2D eigenvalue weighted by molar-refractivity contribution is 5.14. The molecule has 0 saturated heterocycles. The SMILES string of the molecule is C=C(F)/C=C(\C)C(C)C. The van der Waals surface area contributed by atoms with Crippen LogP contribution in [-0.2, 0) is 0 Å². The van der Waals surface area contributed by atoms with Crippen LogP contribution < -0.4 is 0 Å². The van der Waals surface area contributed by atoms with Gasteiger partial charge in [-0.05, 0) is 18.9 Å². The van der Waals surface area contributed by atoms with Crippen molar-refractivity contribution in [2.75, 3.05) is 0 Å². The van der Waals surface area contributed by atoms with Crippen molar-refractivity contribution >= 4 is 0 Å². The molecule has 0 atom stereocenters. The minimum atomic E-state index is -0.360. The molecular weight excluding hydrogens is 115 g/mol. The number of allylic oxidation sites excluding steroid dienone is 3. The third-order valence-corrected chi connectivity index (χ3v) is 1.29. The molecule has 0 aliphatic heterocycles. The van der Waals surface area contributed by atoms with Crippen LogP contribution in [0, 0.1) is 5.92 Å². The molecule has 0 amide bonds. The number of rotatable bonds is 2. The zero-order valence-corrected chi connectivity index (χ0v) is 6.24. The highest BCUT2D eigenvalue weighted by Gasteiger charge is 1.94. The summed E-state index contributed by atoms with van der Waals surface area (Å²) >= 11 is 0. The molecule has 0 N–H and O–H groups in total. The third-order valence-electron chi connectivity index (χ3n) is 1.29. The highest BCUT2D eigenvalue weighted by Crippen LogP contribution is 2.10. The molecule has 1 heteroatoms. The Kier molecular flexibility index (Phi) is 3.21. The van der Waals surface area contributed by atoms with E-state index in [9.17, 15) is 4.39 Å². The maximum Gasteiger partial charge on any atom is 0.116 e. The van der Waals surface area contributed by atoms with Crippen LogP contribution >= 0.6 is 0 Å². The largest absolute Gasteiger partial charge is 0.208 e. The molecule has 0 rings (SSSR count). The quantitative estimate of drug-likeness (QED) is 0.501. The van der Waals surface area contributed by atoms with E-state index >= 15 is 0 Å². The zero-order valence-electron chi connectivity index (χ0n) is 6.24. The smallest absolute Gasteiger partial charge is 0.116 e. The summed E-state index contributed by atoms with van der Waals surface area (Å²) in [5.74, 6) is 0.0544. The minimum absolute atomic E-state index is 0.360. The van der Waals surface area contributed by atoms with E-state index in [0.29, 0.717) is 5.92 Å². The molecular formula is C8H13F. The van der Waals surface area contributed by atoms with Crippen LogP contribution in [0.3, 0.4) is 0 Å². The number of halogens is 1. The molecule has 0 heterocycles. The lowest BCUT2D eigenvalue weighted by Crippen LogP contribution is -1.87. The van der Waals surface area contributed by atoms with Crippen molar-refractivity contribution in [2.45, 2.75) is 20.8 Å². The van der Waals surface area contributed by atoms with E-state index in [1.165, 1.54) is 6.08 Å². The average Bonchev–Trinajstić information content (AvgIpc) is 1.63. The lowest BCUT2D eigenvalue weighted by atomic mass is 10.1. The van der Waals surface area contributed by atoms with E-state index in [1.54, 1.807) is 0 Å². The zero-order chi connectivity index (χ0) is 7.44. The van der Waals surface area contributed by atoms with Crippen LogP contribution in [0.2, 0.25) is 0 Å². The lowest BCUT2D eigenvalue weighted by Gasteiger charge is -2.01. The fourth-order valence-corrected chi connectivity index (χ4v) is 0.414. The van der Waals surface area contributed by atoms with Crippen LogP contribution in [0.4, 0.5) is 4.39 Å². The van der Waals surface area contributed by atoms with E-state index < -0.39 is 0 Å². The molecule has 0 nitrogen and oxygen atoms in total. The van der Waals surface area contributed by atoms with E-state index in [1.807, 2.05) is 20.8 Å². The van der Waals surface area contributed by atoms with Gasteiger partial charge in [-0.25, -0.2) is 4.39 Å². The fraction of sp³-hybridized carbons (Fsp3) is 0.500. The number of hydrogen-bond donors (Lipinski definition) is 0. The van der Waals surface area contributed by atoms with Crippen molar-refractivity contribution in [3.05, 3.63) is 24.1 Å². The molecule has 0 bridgehead atoms. The number of hydrogen-bond acceptors (Lipinski definition) is 0. The van der Waals surface area contributed by atoms with Crippen molar-refractivity contribution in [2.24, 2.45) is 5.92 Å². The Morgan fingerprint density at radius 3 is 2.11 bits per heavy atom. The predicted octanol–water partition coefficient (Wildman–Crippen LogP) is 3.07. The Labute approximate surface area is 56.1 Å². The minimum Gasteiger partial charge on any atom is -0.208 e. The summed E-state index contributed by atoms with van der Waals surface area (Å²) in [7, 11) is 0. The van der Waals surface area contributed by atoms with E-state index in [-0.39, 0.29) is 5.83 Å².